The number of unbranched alkanes of at least 4 members (excludes halogenated alkanes) is 1. The van der Waals surface area contributed by atoms with E-state index in [1.54, 1.807) is 0 Å². The second-order valence-electron chi connectivity index (χ2n) is 2.83. The van der Waals surface area contributed by atoms with Gasteiger partial charge in [0, 0.05) is 18.7 Å². The topological polar surface area (TPSA) is 35.2 Å². The summed E-state index contributed by atoms with van der Waals surface area (Å²) in [4.78, 5) is 0. The van der Waals surface area contributed by atoms with Crippen molar-refractivity contribution in [1.29, 1.82) is 0 Å². The summed E-state index contributed by atoms with van der Waals surface area (Å²) in [5.41, 5.74) is 5.38. The Labute approximate surface area is 85.9 Å². The third-order valence-corrected chi connectivity index (χ3v) is 2.71. The number of nitrogens with two attached hydrogens (primary N) is 1. The van der Waals surface area contributed by atoms with Crippen molar-refractivity contribution in [3.05, 3.63) is 12.3 Å². The van der Waals surface area contributed by atoms with E-state index in [-0.39, 0.29) is 0 Å². The highest BCUT2D eigenvalue weighted by molar-refractivity contribution is 7.99. The third kappa shape index (κ3) is 9.77. The molecular weight excluding hydrogens is 182 g/mol. The standard InChI is InChI=1S/C10H21NOS/c1-3-12-10(2)6-4-5-8-13-9-7-11/h2-9,11H2,1H3. The minimum atomic E-state index is 0.737. The van der Waals surface area contributed by atoms with Gasteiger partial charge in [-0.05, 0) is 25.5 Å². The number of hydrogen-bond donors (Lipinski definition) is 1. The molecule has 0 heterocycles. The Morgan fingerprint density at radius 3 is 2.77 bits per heavy atom. The van der Waals surface area contributed by atoms with E-state index in [0.29, 0.717) is 0 Å². The van der Waals surface area contributed by atoms with Crippen molar-refractivity contribution in [2.45, 2.75) is 26.2 Å². The first-order chi connectivity index (χ1) is 6.31. The van der Waals surface area contributed by atoms with Crippen molar-refractivity contribution in [3.63, 3.8) is 0 Å². The van der Waals surface area contributed by atoms with Gasteiger partial charge in [0.1, 0.15) is 0 Å². The van der Waals surface area contributed by atoms with Crippen LogP contribution in [0.4, 0.5) is 0 Å². The first-order valence-electron chi connectivity index (χ1n) is 4.89. The van der Waals surface area contributed by atoms with Crippen LogP contribution in [0.25, 0.3) is 0 Å². The van der Waals surface area contributed by atoms with Crippen molar-refractivity contribution in [1.82, 2.24) is 0 Å². The number of thioether (sulfide) groups is 1. The van der Waals surface area contributed by atoms with Gasteiger partial charge in [-0.25, -0.2) is 0 Å². The largest absolute Gasteiger partial charge is 0.499 e. The molecule has 0 aromatic carbocycles. The van der Waals surface area contributed by atoms with Crippen LogP contribution in [0.1, 0.15) is 26.2 Å². The molecule has 0 aliphatic rings. The van der Waals surface area contributed by atoms with Gasteiger partial charge in [0.2, 0.25) is 0 Å². The maximum absolute atomic E-state index is 5.38. The molecule has 0 bridgehead atoms. The zero-order chi connectivity index (χ0) is 9.94. The molecule has 0 fully saturated rings. The molecule has 0 amide bonds. The van der Waals surface area contributed by atoms with Crippen LogP contribution in [-0.2, 0) is 4.74 Å². The maximum atomic E-state index is 5.38. The zero-order valence-corrected chi connectivity index (χ0v) is 9.37. The fourth-order valence-corrected chi connectivity index (χ4v) is 1.77. The van der Waals surface area contributed by atoms with Crippen LogP contribution < -0.4 is 5.73 Å². The van der Waals surface area contributed by atoms with Crippen LogP contribution in [0.3, 0.4) is 0 Å². The minimum Gasteiger partial charge on any atom is -0.499 e. The van der Waals surface area contributed by atoms with Crippen molar-refractivity contribution >= 4 is 11.8 Å². The zero-order valence-electron chi connectivity index (χ0n) is 8.55. The van der Waals surface area contributed by atoms with Gasteiger partial charge in [0.25, 0.3) is 0 Å². The van der Waals surface area contributed by atoms with Crippen molar-refractivity contribution in [2.75, 3.05) is 24.7 Å². The molecule has 0 unspecified atom stereocenters. The summed E-state index contributed by atoms with van der Waals surface area (Å²) in [6, 6.07) is 0. The molecule has 78 valence electrons. The third-order valence-electron chi connectivity index (χ3n) is 1.60. The molecule has 2 N–H and O–H groups in total. The van der Waals surface area contributed by atoms with Crippen LogP contribution in [-0.4, -0.2) is 24.7 Å². The molecule has 0 aliphatic carbocycles. The van der Waals surface area contributed by atoms with Gasteiger partial charge in [-0.2, -0.15) is 11.8 Å². The van der Waals surface area contributed by atoms with Crippen LogP contribution in [0.2, 0.25) is 0 Å². The quantitative estimate of drug-likeness (QED) is 0.461. The molecule has 3 heteroatoms. The van der Waals surface area contributed by atoms with Crippen LogP contribution in [0.5, 0.6) is 0 Å². The molecule has 0 aliphatic heterocycles. The molecule has 0 spiro atoms. The van der Waals surface area contributed by atoms with Gasteiger partial charge < -0.3 is 10.5 Å². The van der Waals surface area contributed by atoms with Crippen LogP contribution in [0.15, 0.2) is 12.3 Å². The average molecular weight is 203 g/mol. The summed E-state index contributed by atoms with van der Waals surface area (Å²) in [6.45, 7) is 7.34. The van der Waals surface area contributed by atoms with E-state index in [0.717, 1.165) is 31.1 Å². The average Bonchev–Trinajstić information content (AvgIpc) is 2.11. The van der Waals surface area contributed by atoms with Crippen molar-refractivity contribution in [2.24, 2.45) is 5.73 Å². The first-order valence-corrected chi connectivity index (χ1v) is 6.05. The molecule has 0 rings (SSSR count). The Morgan fingerprint density at radius 1 is 1.38 bits per heavy atom. The molecule has 0 radical (unpaired) electrons. The molecular formula is C10H21NOS. The number of ether oxygens (including phenoxy) is 1. The summed E-state index contributed by atoms with van der Waals surface area (Å²) in [5.74, 6) is 3.20. The van der Waals surface area contributed by atoms with E-state index in [1.165, 1.54) is 18.6 Å². The molecule has 13 heavy (non-hydrogen) atoms. The Morgan fingerprint density at radius 2 is 2.15 bits per heavy atom. The predicted molar refractivity (Wildman–Crippen MR) is 61.0 cm³/mol. The predicted octanol–water partition coefficient (Wildman–Crippen LogP) is 2.40. The second kappa shape index (κ2) is 9.93. The van der Waals surface area contributed by atoms with Crippen LogP contribution >= 0.6 is 11.8 Å². The van der Waals surface area contributed by atoms with E-state index in [1.807, 2.05) is 18.7 Å². The number of allylic oxidation sites excluding steroid dienone is 1. The summed E-state index contributed by atoms with van der Waals surface area (Å²) in [6.07, 6.45) is 3.41. The fourth-order valence-electron chi connectivity index (χ4n) is 0.988. The number of hydrogen-bond acceptors (Lipinski definition) is 3. The normalized spacial score (nSPS) is 10.0. The molecule has 0 saturated heterocycles. The highest BCUT2D eigenvalue weighted by Crippen LogP contribution is 2.09. The van der Waals surface area contributed by atoms with E-state index in [4.69, 9.17) is 10.5 Å². The Balaban J connectivity index is 3.02. The molecule has 0 aromatic rings. The summed E-state index contributed by atoms with van der Waals surface area (Å²) in [5, 5.41) is 0. The lowest BCUT2D eigenvalue weighted by Crippen LogP contribution is -2.01. The maximum Gasteiger partial charge on any atom is 0.0888 e. The van der Waals surface area contributed by atoms with Gasteiger partial charge in [0.05, 0.1) is 12.4 Å². The molecule has 2 nitrogen and oxygen atoms in total. The lowest BCUT2D eigenvalue weighted by atomic mass is 10.2. The van der Waals surface area contributed by atoms with E-state index >= 15 is 0 Å². The second-order valence-corrected chi connectivity index (χ2v) is 4.05. The van der Waals surface area contributed by atoms with Crippen molar-refractivity contribution < 1.29 is 4.74 Å². The number of rotatable bonds is 9. The Bertz CT molecular complexity index is 128. The highest BCUT2D eigenvalue weighted by Gasteiger charge is 1.94. The lowest BCUT2D eigenvalue weighted by molar-refractivity contribution is 0.218. The van der Waals surface area contributed by atoms with Crippen LogP contribution in [0, 0.1) is 0 Å². The Kier molecular flexibility index (Phi) is 9.82. The van der Waals surface area contributed by atoms with Gasteiger partial charge >= 0.3 is 0 Å². The van der Waals surface area contributed by atoms with Gasteiger partial charge in [-0.3, -0.25) is 0 Å². The monoisotopic (exact) mass is 203 g/mol. The van der Waals surface area contributed by atoms with E-state index < -0.39 is 0 Å². The van der Waals surface area contributed by atoms with Gasteiger partial charge in [0.15, 0.2) is 0 Å². The fraction of sp³-hybridized carbons (Fsp3) is 0.800. The van der Waals surface area contributed by atoms with E-state index in [9.17, 15) is 0 Å². The Hall–Kier alpha value is -0.150. The first kappa shape index (κ1) is 12.8. The molecule has 0 saturated carbocycles. The summed E-state index contributed by atoms with van der Waals surface area (Å²) < 4.78 is 5.25. The SMILES string of the molecule is C=C(CCCCSCCN)OCC. The lowest BCUT2D eigenvalue weighted by Gasteiger charge is -2.05. The molecule has 0 atom stereocenters. The minimum absolute atomic E-state index is 0.737. The van der Waals surface area contributed by atoms with Gasteiger partial charge in [-0.1, -0.05) is 6.58 Å². The smallest absolute Gasteiger partial charge is 0.0888 e. The van der Waals surface area contributed by atoms with Gasteiger partial charge in [-0.15, -0.1) is 0 Å². The summed E-state index contributed by atoms with van der Waals surface area (Å²) >= 11 is 1.92. The highest BCUT2D eigenvalue weighted by atomic mass is 32.2. The van der Waals surface area contributed by atoms with Crippen molar-refractivity contribution in [3.8, 4) is 0 Å². The van der Waals surface area contributed by atoms with E-state index in [2.05, 4.69) is 6.58 Å². The summed E-state index contributed by atoms with van der Waals surface area (Å²) in [7, 11) is 0. The molecule has 0 aromatic heterocycles.